The zero-order valence-corrected chi connectivity index (χ0v) is 17.3. The number of nitrogens with one attached hydrogen (secondary N) is 3. The standard InChI is InChI=1S/C19H26N4O2S2/c1-12-6-5-8-14(13(12)2)21-19(26)23-22-17(24)10-25-11-18-20-15-7-3-4-9-16(15)27-18/h3-4,7,9,12-14H,5-6,8,10-11H2,1-2H3,(H,22,24)(H2,21,23,26)/t12-,13-,14+/m1/s1. The second-order valence-electron chi connectivity index (χ2n) is 7.09. The van der Waals surface area contributed by atoms with Crippen LogP contribution in [0.2, 0.25) is 0 Å². The third kappa shape index (κ3) is 5.60. The molecule has 3 rings (SSSR count). The SMILES string of the molecule is C[C@@H]1[C@H](C)CCC[C@@H]1NC(=S)NNC(=O)COCc1nc2ccccc2s1. The van der Waals surface area contributed by atoms with Crippen molar-refractivity contribution < 1.29 is 9.53 Å². The first-order valence-electron chi connectivity index (χ1n) is 9.30. The number of hydrazine groups is 1. The normalized spacial score (nSPS) is 22.4. The Balaban J connectivity index is 1.35. The van der Waals surface area contributed by atoms with Gasteiger partial charge in [0, 0.05) is 6.04 Å². The Morgan fingerprint density at radius 3 is 2.93 bits per heavy atom. The van der Waals surface area contributed by atoms with E-state index in [1.165, 1.54) is 12.8 Å². The van der Waals surface area contributed by atoms with E-state index in [-0.39, 0.29) is 12.5 Å². The lowest BCUT2D eigenvalue weighted by Crippen LogP contribution is -2.53. The first-order valence-corrected chi connectivity index (χ1v) is 10.5. The van der Waals surface area contributed by atoms with E-state index in [0.717, 1.165) is 21.6 Å². The molecule has 0 unspecified atom stereocenters. The van der Waals surface area contributed by atoms with E-state index >= 15 is 0 Å². The van der Waals surface area contributed by atoms with Crippen molar-refractivity contribution in [2.45, 2.75) is 45.8 Å². The van der Waals surface area contributed by atoms with E-state index in [0.29, 0.717) is 29.6 Å². The Morgan fingerprint density at radius 1 is 1.30 bits per heavy atom. The third-order valence-corrected chi connectivity index (χ3v) is 6.37. The Kier molecular flexibility index (Phi) is 6.98. The van der Waals surface area contributed by atoms with E-state index in [1.807, 2.05) is 24.3 Å². The van der Waals surface area contributed by atoms with Gasteiger partial charge in [-0.1, -0.05) is 38.8 Å². The Morgan fingerprint density at radius 2 is 2.11 bits per heavy atom. The average Bonchev–Trinajstić information content (AvgIpc) is 3.06. The summed E-state index contributed by atoms with van der Waals surface area (Å²) in [5, 5.41) is 4.61. The molecular formula is C19H26N4O2S2. The molecule has 2 aromatic rings. The van der Waals surface area contributed by atoms with Crippen molar-refractivity contribution in [2.75, 3.05) is 6.61 Å². The number of aromatic nitrogens is 1. The van der Waals surface area contributed by atoms with Crippen molar-refractivity contribution in [3.05, 3.63) is 29.3 Å². The summed E-state index contributed by atoms with van der Waals surface area (Å²) in [7, 11) is 0. The van der Waals surface area contributed by atoms with Crippen molar-refractivity contribution in [3.8, 4) is 0 Å². The number of hydrogen-bond acceptors (Lipinski definition) is 5. The molecule has 1 aromatic heterocycles. The number of carbonyl (C=O) groups is 1. The molecule has 146 valence electrons. The lowest BCUT2D eigenvalue weighted by atomic mass is 9.78. The monoisotopic (exact) mass is 406 g/mol. The lowest BCUT2D eigenvalue weighted by Gasteiger charge is -2.35. The molecule has 0 aliphatic heterocycles. The van der Waals surface area contributed by atoms with Crippen molar-refractivity contribution in [1.29, 1.82) is 0 Å². The van der Waals surface area contributed by atoms with Gasteiger partial charge in [-0.15, -0.1) is 11.3 Å². The molecule has 0 bridgehead atoms. The van der Waals surface area contributed by atoms with Gasteiger partial charge in [-0.25, -0.2) is 4.98 Å². The predicted octanol–water partition coefficient (Wildman–Crippen LogP) is 3.13. The van der Waals surface area contributed by atoms with Crippen LogP contribution in [0.25, 0.3) is 10.2 Å². The number of thiocarbonyl (C=S) groups is 1. The number of carbonyl (C=O) groups excluding carboxylic acids is 1. The molecule has 0 spiro atoms. The zero-order chi connectivity index (χ0) is 19.2. The summed E-state index contributed by atoms with van der Waals surface area (Å²) in [5.74, 6) is 0.973. The Labute approximate surface area is 169 Å². The molecule has 3 atom stereocenters. The van der Waals surface area contributed by atoms with Gasteiger partial charge in [0.15, 0.2) is 5.11 Å². The number of amides is 1. The lowest BCUT2D eigenvalue weighted by molar-refractivity contribution is -0.126. The van der Waals surface area contributed by atoms with Crippen molar-refractivity contribution in [1.82, 2.24) is 21.2 Å². The maximum Gasteiger partial charge on any atom is 0.264 e. The van der Waals surface area contributed by atoms with Crippen LogP contribution < -0.4 is 16.2 Å². The number of para-hydroxylation sites is 1. The number of benzene rings is 1. The molecule has 1 fully saturated rings. The van der Waals surface area contributed by atoms with Gasteiger partial charge in [-0.3, -0.25) is 15.6 Å². The second-order valence-corrected chi connectivity index (χ2v) is 8.61. The van der Waals surface area contributed by atoms with Crippen molar-refractivity contribution in [2.24, 2.45) is 11.8 Å². The first kappa shape index (κ1) is 20.0. The van der Waals surface area contributed by atoms with Crippen LogP contribution in [0.1, 0.15) is 38.1 Å². The number of thiazole rings is 1. The highest BCUT2D eigenvalue weighted by molar-refractivity contribution is 7.80. The molecular weight excluding hydrogens is 380 g/mol. The summed E-state index contributed by atoms with van der Waals surface area (Å²) in [6.07, 6.45) is 3.58. The molecule has 6 nitrogen and oxygen atoms in total. The van der Waals surface area contributed by atoms with Crippen LogP contribution in [0.3, 0.4) is 0 Å². The molecule has 1 aliphatic rings. The number of hydrogen-bond donors (Lipinski definition) is 3. The summed E-state index contributed by atoms with van der Waals surface area (Å²) in [4.78, 5) is 16.4. The van der Waals surface area contributed by atoms with Crippen LogP contribution in [-0.2, 0) is 16.1 Å². The Hall–Kier alpha value is -1.77. The average molecular weight is 407 g/mol. The quantitative estimate of drug-likeness (QED) is 0.523. The van der Waals surface area contributed by atoms with Gasteiger partial charge in [-0.2, -0.15) is 0 Å². The molecule has 8 heteroatoms. The number of nitrogens with zero attached hydrogens (tertiary/aromatic N) is 1. The van der Waals surface area contributed by atoms with Gasteiger partial charge in [-0.05, 0) is 42.6 Å². The summed E-state index contributed by atoms with van der Waals surface area (Å²) in [5.41, 5.74) is 6.29. The molecule has 0 radical (unpaired) electrons. The number of fused-ring (bicyclic) bond motifs is 1. The topological polar surface area (TPSA) is 75.3 Å². The minimum absolute atomic E-state index is 0.0532. The highest BCUT2D eigenvalue weighted by Crippen LogP contribution is 2.29. The minimum Gasteiger partial charge on any atom is -0.364 e. The maximum absolute atomic E-state index is 11.9. The number of rotatable bonds is 5. The van der Waals surface area contributed by atoms with Gasteiger partial charge < -0.3 is 10.1 Å². The van der Waals surface area contributed by atoms with Gasteiger partial charge >= 0.3 is 0 Å². The minimum atomic E-state index is -0.273. The molecule has 0 saturated heterocycles. The maximum atomic E-state index is 11.9. The summed E-state index contributed by atoms with van der Waals surface area (Å²) in [6, 6.07) is 8.27. The fourth-order valence-electron chi connectivity index (χ4n) is 3.37. The van der Waals surface area contributed by atoms with Crippen LogP contribution in [-0.4, -0.2) is 28.7 Å². The highest BCUT2D eigenvalue weighted by atomic mass is 32.1. The molecule has 1 heterocycles. The fraction of sp³-hybridized carbons (Fsp3) is 0.526. The van der Waals surface area contributed by atoms with Gasteiger partial charge in [0.1, 0.15) is 11.6 Å². The fourth-order valence-corrected chi connectivity index (χ4v) is 4.47. The first-order chi connectivity index (χ1) is 13.0. The Bertz CT molecular complexity index is 762. The highest BCUT2D eigenvalue weighted by Gasteiger charge is 2.27. The van der Waals surface area contributed by atoms with E-state index in [1.54, 1.807) is 11.3 Å². The molecule has 1 amide bonds. The van der Waals surface area contributed by atoms with Crippen LogP contribution in [0.15, 0.2) is 24.3 Å². The van der Waals surface area contributed by atoms with Gasteiger partial charge in [0.05, 0.1) is 16.8 Å². The number of ether oxygens (including phenoxy) is 1. The molecule has 1 saturated carbocycles. The van der Waals surface area contributed by atoms with E-state index in [4.69, 9.17) is 17.0 Å². The van der Waals surface area contributed by atoms with Crippen LogP contribution >= 0.6 is 23.6 Å². The van der Waals surface area contributed by atoms with Crippen molar-refractivity contribution in [3.63, 3.8) is 0 Å². The van der Waals surface area contributed by atoms with E-state index in [9.17, 15) is 4.79 Å². The van der Waals surface area contributed by atoms with E-state index in [2.05, 4.69) is 35.0 Å². The largest absolute Gasteiger partial charge is 0.364 e. The molecule has 1 aromatic carbocycles. The summed E-state index contributed by atoms with van der Waals surface area (Å²) < 4.78 is 6.57. The molecule has 1 aliphatic carbocycles. The van der Waals surface area contributed by atoms with E-state index < -0.39 is 0 Å². The third-order valence-electron chi connectivity index (χ3n) is 5.14. The molecule has 3 N–H and O–H groups in total. The summed E-state index contributed by atoms with van der Waals surface area (Å²) >= 11 is 6.86. The smallest absolute Gasteiger partial charge is 0.264 e. The zero-order valence-electron chi connectivity index (χ0n) is 15.7. The van der Waals surface area contributed by atoms with Crippen LogP contribution in [0.4, 0.5) is 0 Å². The van der Waals surface area contributed by atoms with Crippen molar-refractivity contribution >= 4 is 44.8 Å². The summed E-state index contributed by atoms with van der Waals surface area (Å²) in [6.45, 7) is 4.79. The van der Waals surface area contributed by atoms with Crippen LogP contribution in [0, 0.1) is 11.8 Å². The predicted molar refractivity (Wildman–Crippen MR) is 112 cm³/mol. The van der Waals surface area contributed by atoms with Gasteiger partial charge in [0.25, 0.3) is 5.91 Å². The second kappa shape index (κ2) is 9.43. The van der Waals surface area contributed by atoms with Gasteiger partial charge in [0.2, 0.25) is 0 Å². The molecule has 27 heavy (non-hydrogen) atoms. The van der Waals surface area contributed by atoms with Crippen LogP contribution in [0.5, 0.6) is 0 Å².